The molecule has 0 saturated carbocycles. The fraction of sp³-hybridized carbons (Fsp3) is 0.429. The lowest BCUT2D eigenvalue weighted by molar-refractivity contribution is -0.133. The van der Waals surface area contributed by atoms with Gasteiger partial charge in [0.05, 0.1) is 5.92 Å². The summed E-state index contributed by atoms with van der Waals surface area (Å²) >= 11 is 0. The van der Waals surface area contributed by atoms with Crippen LogP contribution in [0.15, 0.2) is 18.2 Å². The third-order valence-electron chi connectivity index (χ3n) is 3.39. The van der Waals surface area contributed by atoms with Crippen LogP contribution in [0.4, 0.5) is 14.5 Å². The maximum Gasteiger partial charge on any atom is 0.237 e. The van der Waals surface area contributed by atoms with Gasteiger partial charge in [0, 0.05) is 24.7 Å². The van der Waals surface area contributed by atoms with E-state index in [9.17, 15) is 18.4 Å². The average molecular weight is 267 g/mol. The molecule has 102 valence electrons. The summed E-state index contributed by atoms with van der Waals surface area (Å²) in [6.45, 7) is 2.14. The van der Waals surface area contributed by atoms with Gasteiger partial charge in [-0.1, -0.05) is 6.92 Å². The first-order valence-corrected chi connectivity index (χ1v) is 6.33. The van der Waals surface area contributed by atoms with E-state index in [0.29, 0.717) is 31.5 Å². The number of carbonyl (C=O) groups excluding carboxylic acids is 2. The molecule has 1 amide bonds. The number of anilines is 1. The van der Waals surface area contributed by atoms with E-state index >= 15 is 0 Å². The highest BCUT2D eigenvalue weighted by molar-refractivity contribution is 6.08. The molecule has 0 radical (unpaired) electrons. The number of carbonyl (C=O) groups is 2. The van der Waals surface area contributed by atoms with Gasteiger partial charge in [-0.05, 0) is 25.0 Å². The lowest BCUT2D eigenvalue weighted by Gasteiger charge is -2.31. The molecule has 1 fully saturated rings. The third kappa shape index (κ3) is 2.64. The van der Waals surface area contributed by atoms with Crippen molar-refractivity contribution in [3.63, 3.8) is 0 Å². The fourth-order valence-corrected chi connectivity index (χ4v) is 2.33. The minimum Gasteiger partial charge on any atom is -0.312 e. The first kappa shape index (κ1) is 13.6. The first-order valence-electron chi connectivity index (χ1n) is 6.33. The zero-order valence-electron chi connectivity index (χ0n) is 10.7. The van der Waals surface area contributed by atoms with Crippen LogP contribution in [0, 0.1) is 17.6 Å². The van der Waals surface area contributed by atoms with Crippen LogP contribution in [0.1, 0.15) is 26.2 Å². The summed E-state index contributed by atoms with van der Waals surface area (Å²) in [5, 5.41) is 0. The molecular formula is C14H15F2NO2. The van der Waals surface area contributed by atoms with E-state index in [-0.39, 0.29) is 11.7 Å². The largest absolute Gasteiger partial charge is 0.312 e. The monoisotopic (exact) mass is 267 g/mol. The van der Waals surface area contributed by atoms with Gasteiger partial charge in [0.2, 0.25) is 5.91 Å². The molecule has 3 nitrogen and oxygen atoms in total. The van der Waals surface area contributed by atoms with Gasteiger partial charge in [-0.25, -0.2) is 8.78 Å². The molecule has 1 saturated heterocycles. The summed E-state index contributed by atoms with van der Waals surface area (Å²) in [4.78, 5) is 25.3. The van der Waals surface area contributed by atoms with Crippen molar-refractivity contribution < 1.29 is 18.4 Å². The third-order valence-corrected chi connectivity index (χ3v) is 3.39. The minimum atomic E-state index is -0.991. The van der Waals surface area contributed by atoms with Crippen LogP contribution < -0.4 is 4.90 Å². The van der Waals surface area contributed by atoms with E-state index in [1.807, 2.05) is 0 Å². The zero-order chi connectivity index (χ0) is 14.0. The summed E-state index contributed by atoms with van der Waals surface area (Å²) < 4.78 is 26.1. The van der Waals surface area contributed by atoms with Gasteiger partial charge < -0.3 is 4.90 Å². The molecule has 1 heterocycles. The first-order chi connectivity index (χ1) is 9.04. The fourth-order valence-electron chi connectivity index (χ4n) is 2.33. The highest BCUT2D eigenvalue weighted by Crippen LogP contribution is 2.26. The van der Waals surface area contributed by atoms with E-state index in [0.717, 1.165) is 12.1 Å². The van der Waals surface area contributed by atoms with Crippen molar-refractivity contribution in [2.45, 2.75) is 26.2 Å². The number of piperidine rings is 1. The molecule has 0 N–H and O–H groups in total. The number of Topliss-reactive ketones (excluding diaryl/α,β-unsaturated/α-hetero) is 1. The molecule has 1 unspecified atom stereocenters. The molecule has 5 heteroatoms. The van der Waals surface area contributed by atoms with Crippen LogP contribution in [0.25, 0.3) is 0 Å². The SMILES string of the molecule is CCC(=O)C1CCCN(c2ccc(F)c(F)c2)C1=O. The van der Waals surface area contributed by atoms with Crippen molar-refractivity contribution in [3.8, 4) is 0 Å². The number of hydrogen-bond donors (Lipinski definition) is 0. The number of halogens is 2. The molecule has 1 atom stereocenters. The van der Waals surface area contributed by atoms with Gasteiger partial charge in [0.15, 0.2) is 11.6 Å². The predicted molar refractivity (Wildman–Crippen MR) is 66.7 cm³/mol. The van der Waals surface area contributed by atoms with Crippen molar-refractivity contribution in [2.24, 2.45) is 5.92 Å². The van der Waals surface area contributed by atoms with Gasteiger partial charge in [-0.3, -0.25) is 9.59 Å². The van der Waals surface area contributed by atoms with Crippen LogP contribution in [-0.2, 0) is 9.59 Å². The molecule has 19 heavy (non-hydrogen) atoms. The molecular weight excluding hydrogens is 252 g/mol. The number of hydrogen-bond acceptors (Lipinski definition) is 2. The Bertz CT molecular complexity index is 516. The summed E-state index contributed by atoms with van der Waals surface area (Å²) in [6, 6.07) is 3.34. The molecule has 1 aromatic carbocycles. The summed E-state index contributed by atoms with van der Waals surface area (Å²) in [5.74, 6) is -3.00. The van der Waals surface area contributed by atoms with E-state index in [1.54, 1.807) is 6.92 Å². The van der Waals surface area contributed by atoms with Gasteiger partial charge in [-0.2, -0.15) is 0 Å². The van der Waals surface area contributed by atoms with Gasteiger partial charge in [0.25, 0.3) is 0 Å². The van der Waals surface area contributed by atoms with Gasteiger partial charge >= 0.3 is 0 Å². The van der Waals surface area contributed by atoms with E-state index in [1.165, 1.54) is 11.0 Å². The summed E-state index contributed by atoms with van der Waals surface area (Å²) in [6.07, 6.45) is 1.52. The van der Waals surface area contributed by atoms with E-state index in [2.05, 4.69) is 0 Å². The second kappa shape index (κ2) is 5.47. The smallest absolute Gasteiger partial charge is 0.237 e. The van der Waals surface area contributed by atoms with Crippen LogP contribution in [-0.4, -0.2) is 18.2 Å². The molecule has 0 bridgehead atoms. The Morgan fingerprint density at radius 2 is 2.11 bits per heavy atom. The summed E-state index contributed by atoms with van der Waals surface area (Å²) in [7, 11) is 0. The lowest BCUT2D eigenvalue weighted by Crippen LogP contribution is -2.44. The molecule has 2 rings (SSSR count). The summed E-state index contributed by atoms with van der Waals surface area (Å²) in [5.41, 5.74) is 0.303. The maximum absolute atomic E-state index is 13.2. The number of rotatable bonds is 3. The Morgan fingerprint density at radius 3 is 2.74 bits per heavy atom. The molecule has 1 aliphatic rings. The topological polar surface area (TPSA) is 37.4 Å². The van der Waals surface area contributed by atoms with Gasteiger partial charge in [0.1, 0.15) is 5.78 Å². The second-order valence-electron chi connectivity index (χ2n) is 4.60. The van der Waals surface area contributed by atoms with E-state index < -0.39 is 17.6 Å². The minimum absolute atomic E-state index is 0.0997. The quantitative estimate of drug-likeness (QED) is 0.790. The Hall–Kier alpha value is -1.78. The Labute approximate surface area is 110 Å². The predicted octanol–water partition coefficient (Wildman–Crippen LogP) is 2.69. The molecule has 0 aromatic heterocycles. The van der Waals surface area contributed by atoms with Crippen LogP contribution in [0.3, 0.4) is 0 Å². The number of ketones is 1. The van der Waals surface area contributed by atoms with Crippen LogP contribution in [0.5, 0.6) is 0 Å². The van der Waals surface area contributed by atoms with Crippen molar-refractivity contribution >= 4 is 17.4 Å². The normalized spacial score (nSPS) is 19.6. The average Bonchev–Trinajstić information content (AvgIpc) is 2.41. The Morgan fingerprint density at radius 1 is 1.37 bits per heavy atom. The molecule has 0 aliphatic carbocycles. The zero-order valence-corrected chi connectivity index (χ0v) is 10.7. The highest BCUT2D eigenvalue weighted by Gasteiger charge is 2.33. The molecule has 1 aromatic rings. The number of benzene rings is 1. The van der Waals surface area contributed by atoms with Gasteiger partial charge in [-0.15, -0.1) is 0 Å². The number of nitrogens with zero attached hydrogens (tertiary/aromatic N) is 1. The van der Waals surface area contributed by atoms with Crippen molar-refractivity contribution in [2.75, 3.05) is 11.4 Å². The van der Waals surface area contributed by atoms with Crippen LogP contribution in [0.2, 0.25) is 0 Å². The molecule has 0 spiro atoms. The standard InChI is InChI=1S/C14H15F2NO2/c1-2-13(18)10-4-3-7-17(14(10)19)9-5-6-11(15)12(16)8-9/h5-6,8,10H,2-4,7H2,1H3. The van der Waals surface area contributed by atoms with Crippen LogP contribution >= 0.6 is 0 Å². The molecule has 1 aliphatic heterocycles. The van der Waals surface area contributed by atoms with Crippen molar-refractivity contribution in [1.29, 1.82) is 0 Å². The number of amides is 1. The Kier molecular flexibility index (Phi) is 3.93. The van der Waals surface area contributed by atoms with E-state index in [4.69, 9.17) is 0 Å². The van der Waals surface area contributed by atoms with Crippen molar-refractivity contribution in [3.05, 3.63) is 29.8 Å². The highest BCUT2D eigenvalue weighted by atomic mass is 19.2. The maximum atomic E-state index is 13.2. The lowest BCUT2D eigenvalue weighted by atomic mass is 9.91. The second-order valence-corrected chi connectivity index (χ2v) is 4.60. The van der Waals surface area contributed by atoms with Crippen molar-refractivity contribution in [1.82, 2.24) is 0 Å². The Balaban J connectivity index is 2.26.